The maximum atomic E-state index is 12.2. The Morgan fingerprint density at radius 3 is 2.73 bits per heavy atom. The van der Waals surface area contributed by atoms with E-state index < -0.39 is 0 Å². The highest BCUT2D eigenvalue weighted by atomic mass is 16.5. The van der Waals surface area contributed by atoms with Crippen molar-refractivity contribution in [3.8, 4) is 0 Å². The van der Waals surface area contributed by atoms with Crippen LogP contribution in [0.1, 0.15) is 25.3 Å². The Hall–Kier alpha value is -1.43. The van der Waals surface area contributed by atoms with Crippen LogP contribution in [-0.4, -0.2) is 49.7 Å². The van der Waals surface area contributed by atoms with Crippen molar-refractivity contribution in [2.45, 2.75) is 38.3 Å². The molecule has 1 aromatic rings. The molecule has 122 valence electrons. The van der Waals surface area contributed by atoms with Crippen LogP contribution in [0.3, 0.4) is 0 Å². The molecule has 3 N–H and O–H groups in total. The number of rotatable bonds is 6. The molecule has 0 aliphatic carbocycles. The molecular weight excluding hydrogens is 278 g/mol. The number of nitrogens with zero attached hydrogens (tertiary/aromatic N) is 1. The highest BCUT2D eigenvalue weighted by Crippen LogP contribution is 2.19. The molecule has 1 aromatic carbocycles. The summed E-state index contributed by atoms with van der Waals surface area (Å²) in [6.07, 6.45) is 3.10. The second-order valence-electron chi connectivity index (χ2n) is 5.84. The van der Waals surface area contributed by atoms with Crippen molar-refractivity contribution in [3.05, 3.63) is 29.8 Å². The van der Waals surface area contributed by atoms with Gasteiger partial charge in [0.15, 0.2) is 0 Å². The van der Waals surface area contributed by atoms with E-state index in [1.54, 1.807) is 7.11 Å². The monoisotopic (exact) mass is 305 g/mol. The van der Waals surface area contributed by atoms with Gasteiger partial charge in [0.1, 0.15) is 0 Å². The number of piperidine rings is 1. The number of hydrogen-bond donors (Lipinski definition) is 2. The summed E-state index contributed by atoms with van der Waals surface area (Å²) in [6, 6.07) is 8.21. The van der Waals surface area contributed by atoms with Crippen molar-refractivity contribution in [2.24, 2.45) is 5.73 Å². The van der Waals surface area contributed by atoms with Crippen molar-refractivity contribution in [1.29, 1.82) is 0 Å². The third-order valence-corrected chi connectivity index (χ3v) is 4.39. The molecule has 0 radical (unpaired) electrons. The Labute approximate surface area is 132 Å². The summed E-state index contributed by atoms with van der Waals surface area (Å²) in [5, 5.41) is 2.96. The number of likely N-dealkylation sites (tertiary alicyclic amines) is 1. The molecule has 0 spiro atoms. The number of carbonyl (C=O) groups is 1. The Morgan fingerprint density at radius 1 is 1.41 bits per heavy atom. The van der Waals surface area contributed by atoms with Gasteiger partial charge >= 0.3 is 0 Å². The van der Waals surface area contributed by atoms with Crippen LogP contribution in [-0.2, 0) is 16.0 Å². The fourth-order valence-corrected chi connectivity index (χ4v) is 2.94. The largest absolute Gasteiger partial charge is 0.381 e. The number of nitrogens with two attached hydrogens (primary N) is 1. The van der Waals surface area contributed by atoms with E-state index in [-0.39, 0.29) is 18.1 Å². The molecule has 1 fully saturated rings. The van der Waals surface area contributed by atoms with Crippen LogP contribution in [0.2, 0.25) is 0 Å². The standard InChI is InChI=1S/C17H27N3O2/c1-3-13-4-6-14(7-5-13)19-17(21)12-20-9-8-16(22-2)10-15(20)11-18/h4-7,15-16H,3,8-12,18H2,1-2H3,(H,19,21). The number of benzene rings is 1. The second-order valence-corrected chi connectivity index (χ2v) is 5.84. The maximum Gasteiger partial charge on any atom is 0.238 e. The molecule has 5 heteroatoms. The molecule has 22 heavy (non-hydrogen) atoms. The summed E-state index contributed by atoms with van der Waals surface area (Å²) in [6.45, 7) is 3.90. The summed E-state index contributed by atoms with van der Waals surface area (Å²) < 4.78 is 5.41. The first-order valence-electron chi connectivity index (χ1n) is 8.02. The number of hydrogen-bond acceptors (Lipinski definition) is 4. The molecule has 1 aliphatic rings. The van der Waals surface area contributed by atoms with Gasteiger partial charge in [0.05, 0.1) is 12.6 Å². The summed E-state index contributed by atoms with van der Waals surface area (Å²) in [5.41, 5.74) is 7.95. The van der Waals surface area contributed by atoms with Gasteiger partial charge in [-0.05, 0) is 37.0 Å². The molecular formula is C17H27N3O2. The maximum absolute atomic E-state index is 12.2. The quantitative estimate of drug-likeness (QED) is 0.838. The fraction of sp³-hybridized carbons (Fsp3) is 0.588. The molecule has 1 amide bonds. The normalized spacial score (nSPS) is 22.5. The zero-order chi connectivity index (χ0) is 15.9. The van der Waals surface area contributed by atoms with Gasteiger partial charge in [0, 0.05) is 31.9 Å². The molecule has 1 saturated heterocycles. The number of carbonyl (C=O) groups excluding carboxylic acids is 1. The average Bonchev–Trinajstić information content (AvgIpc) is 2.55. The Bertz CT molecular complexity index is 475. The predicted molar refractivity (Wildman–Crippen MR) is 88.9 cm³/mol. The highest BCUT2D eigenvalue weighted by molar-refractivity contribution is 5.92. The molecule has 2 rings (SSSR count). The zero-order valence-corrected chi connectivity index (χ0v) is 13.5. The summed E-state index contributed by atoms with van der Waals surface area (Å²) in [7, 11) is 1.74. The summed E-state index contributed by atoms with van der Waals surface area (Å²) in [4.78, 5) is 14.4. The van der Waals surface area contributed by atoms with Crippen LogP contribution >= 0.6 is 0 Å². The van der Waals surface area contributed by atoms with E-state index in [1.807, 2.05) is 24.3 Å². The number of amides is 1. The van der Waals surface area contributed by atoms with Gasteiger partial charge in [0.25, 0.3) is 0 Å². The van der Waals surface area contributed by atoms with Gasteiger partial charge in [-0.3, -0.25) is 9.69 Å². The van der Waals surface area contributed by atoms with Gasteiger partial charge in [0.2, 0.25) is 5.91 Å². The van der Waals surface area contributed by atoms with Gasteiger partial charge < -0.3 is 15.8 Å². The van der Waals surface area contributed by atoms with Crippen molar-refractivity contribution in [3.63, 3.8) is 0 Å². The minimum absolute atomic E-state index is 0.0126. The summed E-state index contributed by atoms with van der Waals surface area (Å²) >= 11 is 0. The number of nitrogens with one attached hydrogen (secondary N) is 1. The van der Waals surface area contributed by atoms with Crippen LogP contribution in [0, 0.1) is 0 Å². The van der Waals surface area contributed by atoms with Gasteiger partial charge in [-0.15, -0.1) is 0 Å². The molecule has 0 aromatic heterocycles. The third kappa shape index (κ3) is 4.53. The Balaban J connectivity index is 1.87. The topological polar surface area (TPSA) is 67.6 Å². The minimum Gasteiger partial charge on any atom is -0.381 e. The van der Waals surface area contributed by atoms with Gasteiger partial charge in [-0.2, -0.15) is 0 Å². The Morgan fingerprint density at radius 2 is 2.14 bits per heavy atom. The first kappa shape index (κ1) is 16.9. The van der Waals surface area contributed by atoms with Crippen molar-refractivity contribution < 1.29 is 9.53 Å². The van der Waals surface area contributed by atoms with E-state index in [4.69, 9.17) is 10.5 Å². The van der Waals surface area contributed by atoms with Gasteiger partial charge in [-0.1, -0.05) is 19.1 Å². The highest BCUT2D eigenvalue weighted by Gasteiger charge is 2.28. The van der Waals surface area contributed by atoms with E-state index in [9.17, 15) is 4.79 Å². The average molecular weight is 305 g/mol. The van der Waals surface area contributed by atoms with E-state index in [2.05, 4.69) is 17.1 Å². The predicted octanol–water partition coefficient (Wildman–Crippen LogP) is 1.63. The van der Waals surface area contributed by atoms with Crippen molar-refractivity contribution in [2.75, 3.05) is 32.1 Å². The SMILES string of the molecule is CCc1ccc(NC(=O)CN2CCC(OC)CC2CN)cc1. The van der Waals surface area contributed by atoms with E-state index in [0.29, 0.717) is 13.1 Å². The molecule has 2 atom stereocenters. The molecule has 0 saturated carbocycles. The van der Waals surface area contributed by atoms with E-state index in [0.717, 1.165) is 31.5 Å². The Kier molecular flexibility index (Phi) is 6.36. The van der Waals surface area contributed by atoms with Crippen LogP contribution < -0.4 is 11.1 Å². The lowest BCUT2D eigenvalue weighted by atomic mass is 9.99. The fourth-order valence-electron chi connectivity index (χ4n) is 2.94. The van der Waals surface area contributed by atoms with Crippen LogP contribution in [0.4, 0.5) is 5.69 Å². The third-order valence-electron chi connectivity index (χ3n) is 4.39. The second kappa shape index (κ2) is 8.27. The lowest BCUT2D eigenvalue weighted by Crippen LogP contribution is -2.50. The number of methoxy groups -OCH3 is 1. The smallest absolute Gasteiger partial charge is 0.238 e. The van der Waals surface area contributed by atoms with E-state index >= 15 is 0 Å². The lowest BCUT2D eigenvalue weighted by molar-refractivity contribution is -0.118. The first-order chi connectivity index (χ1) is 10.7. The molecule has 1 aliphatic heterocycles. The molecule has 2 unspecified atom stereocenters. The number of aryl methyl sites for hydroxylation is 1. The van der Waals surface area contributed by atoms with Crippen molar-refractivity contribution in [1.82, 2.24) is 4.90 Å². The molecule has 1 heterocycles. The van der Waals surface area contributed by atoms with Gasteiger partial charge in [-0.25, -0.2) is 0 Å². The molecule has 0 bridgehead atoms. The number of anilines is 1. The van der Waals surface area contributed by atoms with Crippen LogP contribution in [0.25, 0.3) is 0 Å². The van der Waals surface area contributed by atoms with Crippen LogP contribution in [0.5, 0.6) is 0 Å². The zero-order valence-electron chi connectivity index (χ0n) is 13.5. The molecule has 5 nitrogen and oxygen atoms in total. The minimum atomic E-state index is 0.0126. The first-order valence-corrected chi connectivity index (χ1v) is 8.02. The summed E-state index contributed by atoms with van der Waals surface area (Å²) in [5.74, 6) is 0.0126. The van der Waals surface area contributed by atoms with Crippen molar-refractivity contribution >= 4 is 11.6 Å². The van der Waals surface area contributed by atoms with E-state index in [1.165, 1.54) is 5.56 Å². The number of ether oxygens (including phenoxy) is 1. The van der Waals surface area contributed by atoms with Crippen LogP contribution in [0.15, 0.2) is 24.3 Å². The lowest BCUT2D eigenvalue weighted by Gasteiger charge is -2.37.